The van der Waals surface area contributed by atoms with Gasteiger partial charge in [0.25, 0.3) is 5.91 Å². The highest BCUT2D eigenvalue weighted by Gasteiger charge is 2.06. The second-order valence-corrected chi connectivity index (χ2v) is 4.46. The Morgan fingerprint density at radius 2 is 1.68 bits per heavy atom. The van der Waals surface area contributed by atoms with E-state index in [1.807, 2.05) is 26.0 Å². The van der Waals surface area contributed by atoms with Crippen LogP contribution in [0, 0.1) is 20.8 Å². The van der Waals surface area contributed by atoms with Crippen molar-refractivity contribution in [3.8, 4) is 0 Å². The summed E-state index contributed by atoms with van der Waals surface area (Å²) in [6.07, 6.45) is 3.06. The average Bonchev–Trinajstić information content (AvgIpc) is 2.36. The summed E-state index contributed by atoms with van der Waals surface area (Å²) >= 11 is 0. The van der Waals surface area contributed by atoms with Crippen molar-refractivity contribution in [2.24, 2.45) is 0 Å². The minimum Gasteiger partial charge on any atom is -0.348 e. The van der Waals surface area contributed by atoms with Crippen molar-refractivity contribution >= 4 is 5.91 Å². The average molecular weight is 256 g/mol. The molecule has 1 amide bonds. The first-order valence-electron chi connectivity index (χ1n) is 6.05. The van der Waals surface area contributed by atoms with Crippen LogP contribution < -0.4 is 5.32 Å². The molecule has 1 N–H and O–H groups in total. The molecule has 0 bridgehead atoms. The van der Waals surface area contributed by atoms with E-state index >= 15 is 0 Å². The van der Waals surface area contributed by atoms with Crippen molar-refractivity contribution in [1.29, 1.82) is 0 Å². The highest BCUT2D eigenvalue weighted by atomic mass is 16.1. The maximum atomic E-state index is 11.9. The van der Waals surface area contributed by atoms with Gasteiger partial charge < -0.3 is 5.32 Å². The number of hydrogen-bond donors (Lipinski definition) is 1. The molecule has 19 heavy (non-hydrogen) atoms. The molecule has 2 heterocycles. The summed E-state index contributed by atoms with van der Waals surface area (Å²) in [7, 11) is 0. The van der Waals surface area contributed by atoms with Crippen LogP contribution in [0.5, 0.6) is 0 Å². The highest BCUT2D eigenvalue weighted by Crippen LogP contribution is 2.05. The molecule has 0 saturated carbocycles. The van der Waals surface area contributed by atoms with Crippen LogP contribution in [0.4, 0.5) is 0 Å². The first-order chi connectivity index (χ1) is 9.04. The lowest BCUT2D eigenvalue weighted by molar-refractivity contribution is 0.0950. The van der Waals surface area contributed by atoms with Gasteiger partial charge in [0.15, 0.2) is 0 Å². The van der Waals surface area contributed by atoms with Crippen LogP contribution in [0.2, 0.25) is 0 Å². The number of rotatable bonds is 3. The predicted molar refractivity (Wildman–Crippen MR) is 71.7 cm³/mol. The number of carbonyl (C=O) groups excluding carboxylic acids is 1. The summed E-state index contributed by atoms with van der Waals surface area (Å²) in [4.78, 5) is 24.2. The Morgan fingerprint density at radius 1 is 1.11 bits per heavy atom. The smallest absolute Gasteiger partial charge is 0.254 e. The van der Waals surface area contributed by atoms with Crippen LogP contribution in [0.25, 0.3) is 0 Å². The summed E-state index contributed by atoms with van der Waals surface area (Å²) in [6, 6.07) is 3.91. The van der Waals surface area contributed by atoms with Gasteiger partial charge in [-0.1, -0.05) is 0 Å². The second-order valence-electron chi connectivity index (χ2n) is 4.46. The first-order valence-corrected chi connectivity index (χ1v) is 6.05. The van der Waals surface area contributed by atoms with Gasteiger partial charge in [0.1, 0.15) is 5.82 Å². The molecule has 5 heteroatoms. The number of aromatic nitrogens is 3. The summed E-state index contributed by atoms with van der Waals surface area (Å²) in [5, 5.41) is 2.84. The second kappa shape index (κ2) is 5.56. The Hall–Kier alpha value is -2.30. The van der Waals surface area contributed by atoms with Gasteiger partial charge in [-0.25, -0.2) is 9.97 Å². The molecule has 0 aromatic carbocycles. The minimum atomic E-state index is -0.174. The van der Waals surface area contributed by atoms with E-state index in [2.05, 4.69) is 20.3 Å². The molecule has 2 aromatic heterocycles. The summed E-state index contributed by atoms with van der Waals surface area (Å²) in [5.41, 5.74) is 3.39. The Morgan fingerprint density at radius 3 is 2.26 bits per heavy atom. The van der Waals surface area contributed by atoms with Crippen molar-refractivity contribution in [3.05, 3.63) is 52.9 Å². The molecular weight excluding hydrogens is 240 g/mol. The van der Waals surface area contributed by atoms with Gasteiger partial charge in [-0.05, 0) is 38.5 Å². The first kappa shape index (κ1) is 13.1. The quantitative estimate of drug-likeness (QED) is 0.908. The molecule has 98 valence electrons. The molecular formula is C14H16N4O. The lowest BCUT2D eigenvalue weighted by Crippen LogP contribution is -2.23. The van der Waals surface area contributed by atoms with Gasteiger partial charge in [0.05, 0.1) is 5.56 Å². The number of hydrogen-bond acceptors (Lipinski definition) is 4. The van der Waals surface area contributed by atoms with Crippen molar-refractivity contribution in [2.75, 3.05) is 0 Å². The molecule has 5 nitrogen and oxygen atoms in total. The lowest BCUT2D eigenvalue weighted by atomic mass is 10.2. The van der Waals surface area contributed by atoms with E-state index in [4.69, 9.17) is 0 Å². The van der Waals surface area contributed by atoms with E-state index < -0.39 is 0 Å². The van der Waals surface area contributed by atoms with Crippen LogP contribution in [0.3, 0.4) is 0 Å². The Labute approximate surface area is 112 Å². The fourth-order valence-corrected chi connectivity index (χ4v) is 1.82. The van der Waals surface area contributed by atoms with Gasteiger partial charge in [-0.2, -0.15) is 0 Å². The monoisotopic (exact) mass is 256 g/mol. The molecule has 0 aliphatic rings. The normalized spacial score (nSPS) is 10.3. The third-order valence-corrected chi connectivity index (χ3v) is 2.64. The maximum absolute atomic E-state index is 11.9. The van der Waals surface area contributed by atoms with E-state index in [9.17, 15) is 4.79 Å². The van der Waals surface area contributed by atoms with Crippen molar-refractivity contribution in [2.45, 2.75) is 27.3 Å². The number of nitrogens with one attached hydrogen (secondary N) is 1. The minimum absolute atomic E-state index is 0.174. The summed E-state index contributed by atoms with van der Waals surface area (Å²) in [6.45, 7) is 6.12. The topological polar surface area (TPSA) is 67.8 Å². The molecule has 2 rings (SSSR count). The Kier molecular flexibility index (Phi) is 3.85. The third-order valence-electron chi connectivity index (χ3n) is 2.64. The molecule has 0 aliphatic heterocycles. The van der Waals surface area contributed by atoms with Gasteiger partial charge in [-0.3, -0.25) is 9.78 Å². The summed E-state index contributed by atoms with van der Waals surface area (Å²) in [5.74, 6) is 0.476. The molecule has 0 spiro atoms. The van der Waals surface area contributed by atoms with E-state index in [1.54, 1.807) is 6.92 Å². The van der Waals surface area contributed by atoms with Crippen LogP contribution in [-0.4, -0.2) is 20.9 Å². The van der Waals surface area contributed by atoms with Gasteiger partial charge >= 0.3 is 0 Å². The van der Waals surface area contributed by atoms with Crippen LogP contribution in [-0.2, 0) is 6.54 Å². The van der Waals surface area contributed by atoms with E-state index in [-0.39, 0.29) is 5.91 Å². The Bertz CT molecular complexity index is 573. The van der Waals surface area contributed by atoms with Crippen LogP contribution in [0.15, 0.2) is 24.5 Å². The van der Waals surface area contributed by atoms with Gasteiger partial charge in [0, 0.05) is 30.3 Å². The number of nitrogens with zero attached hydrogens (tertiary/aromatic N) is 3. The zero-order valence-corrected chi connectivity index (χ0v) is 11.3. The SMILES string of the molecule is Cc1cc(CNC(=O)c2cnc(C)nc2)cc(C)n1. The van der Waals surface area contributed by atoms with E-state index in [0.717, 1.165) is 17.0 Å². The molecule has 0 saturated heterocycles. The molecule has 0 aliphatic carbocycles. The highest BCUT2D eigenvalue weighted by molar-refractivity contribution is 5.93. The van der Waals surface area contributed by atoms with Crippen molar-refractivity contribution < 1.29 is 4.79 Å². The Balaban J connectivity index is 2.02. The zero-order valence-electron chi connectivity index (χ0n) is 11.3. The number of aryl methyl sites for hydroxylation is 3. The van der Waals surface area contributed by atoms with Crippen molar-refractivity contribution in [3.63, 3.8) is 0 Å². The van der Waals surface area contributed by atoms with Crippen LogP contribution >= 0.6 is 0 Å². The molecule has 2 aromatic rings. The van der Waals surface area contributed by atoms with E-state index in [0.29, 0.717) is 17.9 Å². The van der Waals surface area contributed by atoms with E-state index in [1.165, 1.54) is 12.4 Å². The fourth-order valence-electron chi connectivity index (χ4n) is 1.82. The fraction of sp³-hybridized carbons (Fsp3) is 0.286. The van der Waals surface area contributed by atoms with Gasteiger partial charge in [0.2, 0.25) is 0 Å². The standard InChI is InChI=1S/C14H16N4O/c1-9-4-12(5-10(2)18-9)6-17-14(19)13-7-15-11(3)16-8-13/h4-5,7-8H,6H2,1-3H3,(H,17,19). The number of pyridine rings is 1. The largest absolute Gasteiger partial charge is 0.348 e. The van der Waals surface area contributed by atoms with Gasteiger partial charge in [-0.15, -0.1) is 0 Å². The molecule has 0 radical (unpaired) electrons. The number of carbonyl (C=O) groups is 1. The molecule has 0 unspecified atom stereocenters. The third kappa shape index (κ3) is 3.58. The zero-order chi connectivity index (χ0) is 13.8. The molecule has 0 atom stereocenters. The summed E-state index contributed by atoms with van der Waals surface area (Å²) < 4.78 is 0. The predicted octanol–water partition coefficient (Wildman–Crippen LogP) is 1.73. The number of amides is 1. The van der Waals surface area contributed by atoms with Crippen LogP contribution in [0.1, 0.15) is 33.1 Å². The molecule has 0 fully saturated rings. The maximum Gasteiger partial charge on any atom is 0.254 e. The lowest BCUT2D eigenvalue weighted by Gasteiger charge is -2.07. The van der Waals surface area contributed by atoms with Crippen molar-refractivity contribution in [1.82, 2.24) is 20.3 Å².